The molecule has 0 fully saturated rings. The lowest BCUT2D eigenvalue weighted by Gasteiger charge is -1.88. The number of hydrogen-bond acceptors (Lipinski definition) is 3. The fourth-order valence-corrected chi connectivity index (χ4v) is 1.45. The quantitative estimate of drug-likeness (QED) is 0.494. The van der Waals surface area contributed by atoms with Crippen molar-refractivity contribution >= 4 is 50.5 Å². The number of halogens is 2. The highest BCUT2D eigenvalue weighted by Gasteiger charge is 2.08. The smallest absolute Gasteiger partial charge is 0.259 e. The Morgan fingerprint density at radius 2 is 2.43 bits per heavy atom. The maximum Gasteiger partial charge on any atom is 0.259 e. The van der Waals surface area contributed by atoms with E-state index in [4.69, 9.17) is 15.4 Å². The van der Waals surface area contributed by atoms with Crippen LogP contribution in [-0.2, 0) is 4.79 Å². The number of hydrogen-bond donors (Lipinski definition) is 1. The van der Waals surface area contributed by atoms with Gasteiger partial charge in [0.05, 0.1) is 4.47 Å². The van der Waals surface area contributed by atoms with Crippen molar-refractivity contribution in [3.8, 4) is 6.07 Å². The van der Waals surface area contributed by atoms with Crippen LogP contribution in [-0.4, -0.2) is 5.91 Å². The number of furan rings is 1. The van der Waals surface area contributed by atoms with Crippen LogP contribution < -0.4 is 5.73 Å². The van der Waals surface area contributed by atoms with Gasteiger partial charge in [-0.15, -0.1) is 0 Å². The van der Waals surface area contributed by atoms with Crippen molar-refractivity contribution < 1.29 is 9.21 Å². The minimum Gasteiger partial charge on any atom is -0.450 e. The van der Waals surface area contributed by atoms with Crippen molar-refractivity contribution in [3.63, 3.8) is 0 Å². The fraction of sp³-hybridized carbons (Fsp3) is 0. The van der Waals surface area contributed by atoms with E-state index in [1.54, 1.807) is 12.1 Å². The second-order valence-corrected chi connectivity index (χ2v) is 4.14. The number of amides is 1. The molecule has 0 saturated carbocycles. The zero-order chi connectivity index (χ0) is 10.7. The molecule has 0 atom stereocenters. The molecule has 0 aliphatic rings. The lowest BCUT2D eigenvalue weighted by molar-refractivity contribution is -0.114. The Morgan fingerprint density at radius 1 is 1.79 bits per heavy atom. The zero-order valence-electron chi connectivity index (χ0n) is 6.75. The molecular formula is C8H4BrIN2O2. The average Bonchev–Trinajstić information content (AvgIpc) is 2.41. The van der Waals surface area contributed by atoms with Crippen LogP contribution in [0.5, 0.6) is 0 Å². The van der Waals surface area contributed by atoms with E-state index in [2.05, 4.69) is 15.9 Å². The molecule has 0 aliphatic carbocycles. The normalized spacial score (nSPS) is 11.1. The summed E-state index contributed by atoms with van der Waals surface area (Å²) in [6.45, 7) is 0. The van der Waals surface area contributed by atoms with Gasteiger partial charge in [-0.1, -0.05) is 0 Å². The van der Waals surface area contributed by atoms with Gasteiger partial charge in [-0.05, 0) is 22.0 Å². The van der Waals surface area contributed by atoms with Gasteiger partial charge < -0.3 is 10.2 Å². The maximum absolute atomic E-state index is 10.7. The van der Waals surface area contributed by atoms with Crippen LogP contribution >= 0.6 is 38.5 Å². The van der Waals surface area contributed by atoms with Crippen molar-refractivity contribution in [1.29, 1.82) is 5.26 Å². The monoisotopic (exact) mass is 366 g/mol. The van der Waals surface area contributed by atoms with E-state index in [1.165, 1.54) is 6.08 Å². The molecule has 0 radical (unpaired) electrons. The minimum absolute atomic E-state index is 0.136. The Hall–Kier alpha value is -0.810. The predicted molar refractivity (Wildman–Crippen MR) is 61.9 cm³/mol. The van der Waals surface area contributed by atoms with Crippen molar-refractivity contribution in [2.24, 2.45) is 5.73 Å². The number of rotatable bonds is 2. The summed E-state index contributed by atoms with van der Waals surface area (Å²) >= 11 is 5.21. The molecule has 0 aliphatic heterocycles. The van der Waals surface area contributed by atoms with Gasteiger partial charge in [0.25, 0.3) is 5.91 Å². The molecule has 0 aromatic carbocycles. The number of carbonyl (C=O) groups is 1. The van der Waals surface area contributed by atoms with E-state index in [0.717, 1.165) is 4.47 Å². The van der Waals surface area contributed by atoms with Crippen molar-refractivity contribution in [3.05, 3.63) is 25.6 Å². The first-order valence-electron chi connectivity index (χ1n) is 3.41. The summed E-state index contributed by atoms with van der Waals surface area (Å²) in [5.74, 6) is -0.355. The highest BCUT2D eigenvalue weighted by molar-refractivity contribution is 14.1. The summed E-state index contributed by atoms with van der Waals surface area (Å²) < 4.78 is 6.62. The Kier molecular flexibility index (Phi) is 3.71. The third-order valence-electron chi connectivity index (χ3n) is 1.34. The zero-order valence-corrected chi connectivity index (χ0v) is 10.5. The molecular weight excluding hydrogens is 363 g/mol. The third kappa shape index (κ3) is 2.59. The van der Waals surface area contributed by atoms with Gasteiger partial charge in [0, 0.05) is 28.7 Å². The molecule has 1 aromatic heterocycles. The van der Waals surface area contributed by atoms with E-state index in [9.17, 15) is 4.79 Å². The summed E-state index contributed by atoms with van der Waals surface area (Å²) in [7, 11) is 0. The number of primary amides is 1. The number of nitrogens with two attached hydrogens (primary N) is 1. The van der Waals surface area contributed by atoms with Gasteiger partial charge >= 0.3 is 0 Å². The third-order valence-corrected chi connectivity index (χ3v) is 3.47. The van der Waals surface area contributed by atoms with Gasteiger partial charge in [-0.3, -0.25) is 4.79 Å². The van der Waals surface area contributed by atoms with E-state index in [1.807, 2.05) is 22.6 Å². The standard InChI is InChI=1S/C8H4BrIN2O2/c9-6-2-5(14-7(6)10)1-4(3-11)8(12)13/h1-2H,(H2,12,13)/b4-1-. The van der Waals surface area contributed by atoms with Crippen molar-refractivity contribution in [2.45, 2.75) is 0 Å². The highest BCUT2D eigenvalue weighted by Crippen LogP contribution is 2.24. The van der Waals surface area contributed by atoms with E-state index >= 15 is 0 Å². The number of carbonyl (C=O) groups excluding carboxylic acids is 1. The molecule has 0 unspecified atom stereocenters. The maximum atomic E-state index is 10.7. The summed E-state index contributed by atoms with van der Waals surface area (Å²) in [4.78, 5) is 10.7. The van der Waals surface area contributed by atoms with Crippen molar-refractivity contribution in [1.82, 2.24) is 0 Å². The highest BCUT2D eigenvalue weighted by atomic mass is 127. The van der Waals surface area contributed by atoms with Crippen LogP contribution in [0, 0.1) is 15.1 Å². The SMILES string of the molecule is N#C/C(=C/c1cc(Br)c(I)o1)C(N)=O. The first-order chi connectivity index (χ1) is 6.54. The van der Waals surface area contributed by atoms with Crippen LogP contribution in [0.15, 0.2) is 20.5 Å². The predicted octanol–water partition coefficient (Wildman–Crippen LogP) is 2.04. The number of nitrogens with zero attached hydrogens (tertiary/aromatic N) is 1. The molecule has 72 valence electrons. The first kappa shape index (κ1) is 11.3. The Morgan fingerprint density at radius 3 is 2.79 bits per heavy atom. The Balaban J connectivity index is 3.08. The van der Waals surface area contributed by atoms with Crippen LogP contribution in [0.4, 0.5) is 0 Å². The average molecular weight is 367 g/mol. The van der Waals surface area contributed by atoms with E-state index in [0.29, 0.717) is 9.53 Å². The van der Waals surface area contributed by atoms with Crippen LogP contribution in [0.2, 0.25) is 0 Å². The Bertz CT molecular complexity index is 425. The molecule has 0 spiro atoms. The fourth-order valence-electron chi connectivity index (χ4n) is 0.735. The van der Waals surface area contributed by atoms with E-state index in [-0.39, 0.29) is 5.57 Å². The second-order valence-electron chi connectivity index (χ2n) is 2.30. The molecule has 2 N–H and O–H groups in total. The molecule has 1 rings (SSSR count). The summed E-state index contributed by atoms with van der Waals surface area (Å²) in [5.41, 5.74) is 4.82. The molecule has 0 saturated heterocycles. The lowest BCUT2D eigenvalue weighted by Crippen LogP contribution is -2.12. The van der Waals surface area contributed by atoms with Gasteiger partial charge in [0.1, 0.15) is 17.4 Å². The molecule has 6 heteroatoms. The summed E-state index contributed by atoms with van der Waals surface area (Å²) in [6, 6.07) is 3.34. The van der Waals surface area contributed by atoms with Gasteiger partial charge in [0.15, 0.2) is 3.77 Å². The van der Waals surface area contributed by atoms with Gasteiger partial charge in [-0.25, -0.2) is 0 Å². The Labute approximate surface area is 102 Å². The molecule has 1 aromatic rings. The lowest BCUT2D eigenvalue weighted by atomic mass is 10.2. The first-order valence-corrected chi connectivity index (χ1v) is 5.28. The molecule has 14 heavy (non-hydrogen) atoms. The molecule has 0 bridgehead atoms. The largest absolute Gasteiger partial charge is 0.450 e. The summed E-state index contributed by atoms with van der Waals surface area (Å²) in [5, 5.41) is 8.56. The molecule has 1 heterocycles. The van der Waals surface area contributed by atoms with Gasteiger partial charge in [0.2, 0.25) is 0 Å². The van der Waals surface area contributed by atoms with Crippen LogP contribution in [0.25, 0.3) is 6.08 Å². The minimum atomic E-state index is -0.768. The van der Waals surface area contributed by atoms with E-state index < -0.39 is 5.91 Å². The topological polar surface area (TPSA) is 80.0 Å². The van der Waals surface area contributed by atoms with Gasteiger partial charge in [-0.2, -0.15) is 5.26 Å². The van der Waals surface area contributed by atoms with Crippen LogP contribution in [0.3, 0.4) is 0 Å². The number of nitriles is 1. The van der Waals surface area contributed by atoms with Crippen molar-refractivity contribution in [2.75, 3.05) is 0 Å². The molecule has 4 nitrogen and oxygen atoms in total. The second kappa shape index (κ2) is 4.61. The van der Waals surface area contributed by atoms with Crippen LogP contribution in [0.1, 0.15) is 5.76 Å². The molecule has 1 amide bonds. The summed E-state index contributed by atoms with van der Waals surface area (Å²) in [6.07, 6.45) is 1.30.